The van der Waals surface area contributed by atoms with Crippen LogP contribution in [0.25, 0.3) is 5.69 Å². The van der Waals surface area contributed by atoms with Gasteiger partial charge in [0.05, 0.1) is 22.8 Å². The summed E-state index contributed by atoms with van der Waals surface area (Å²) < 4.78 is 7.01. The Morgan fingerprint density at radius 2 is 1.71 bits per heavy atom. The van der Waals surface area contributed by atoms with Crippen LogP contribution in [0, 0.1) is 19.8 Å². The van der Waals surface area contributed by atoms with E-state index >= 15 is 0 Å². The van der Waals surface area contributed by atoms with Crippen LogP contribution in [0.2, 0.25) is 5.02 Å². The molecule has 184 valence electrons. The van der Waals surface area contributed by atoms with Crippen molar-refractivity contribution in [1.82, 2.24) is 15.1 Å². The summed E-state index contributed by atoms with van der Waals surface area (Å²) in [5.74, 6) is -1.79. The number of hydrogen-bond donors (Lipinski definition) is 2. The molecule has 1 aromatic heterocycles. The van der Waals surface area contributed by atoms with Crippen LogP contribution in [0.5, 0.6) is 0 Å². The molecule has 2 amide bonds. The van der Waals surface area contributed by atoms with Crippen molar-refractivity contribution in [2.24, 2.45) is 5.92 Å². The molecular formula is C26H29ClN4O4. The van der Waals surface area contributed by atoms with E-state index in [1.807, 2.05) is 51.1 Å². The average molecular weight is 497 g/mol. The number of carbonyl (C=O) groups is 3. The first-order chi connectivity index (χ1) is 16.7. The number of para-hydroxylation sites is 1. The van der Waals surface area contributed by atoms with Gasteiger partial charge in [0.25, 0.3) is 11.8 Å². The molecule has 0 aliphatic heterocycles. The van der Waals surface area contributed by atoms with Crippen molar-refractivity contribution in [3.05, 3.63) is 76.6 Å². The zero-order chi connectivity index (χ0) is 25.5. The lowest BCUT2D eigenvalue weighted by Gasteiger charge is -2.22. The average Bonchev–Trinajstić information content (AvgIpc) is 3.14. The van der Waals surface area contributed by atoms with Gasteiger partial charge in [0, 0.05) is 10.6 Å². The van der Waals surface area contributed by atoms with Gasteiger partial charge in [0.1, 0.15) is 6.04 Å². The number of amides is 2. The summed E-state index contributed by atoms with van der Waals surface area (Å²) in [5, 5.41) is 10.5. The van der Waals surface area contributed by atoms with E-state index in [0.29, 0.717) is 28.4 Å². The second-order valence-electron chi connectivity index (χ2n) is 8.29. The van der Waals surface area contributed by atoms with Gasteiger partial charge in [-0.1, -0.05) is 50.1 Å². The number of hydrogen-bond acceptors (Lipinski definition) is 5. The van der Waals surface area contributed by atoms with Crippen LogP contribution >= 0.6 is 11.6 Å². The summed E-state index contributed by atoms with van der Waals surface area (Å²) in [7, 11) is 0. The fraction of sp³-hybridized carbons (Fsp3) is 0.308. The molecule has 2 atom stereocenters. The molecule has 0 spiro atoms. The predicted octanol–water partition coefficient (Wildman–Crippen LogP) is 4.47. The monoisotopic (exact) mass is 496 g/mol. The maximum Gasteiger partial charge on any atom is 0.329 e. The Kier molecular flexibility index (Phi) is 8.65. The SMILES string of the molecule is CC[C@H](C)[C@H](NC(=O)c1ccc(Cl)cc1)C(=O)OCC(=O)Nc1c(C)nn(-c2ccccc2)c1C. The normalized spacial score (nSPS) is 12.5. The van der Waals surface area contributed by atoms with Gasteiger partial charge in [-0.2, -0.15) is 5.10 Å². The zero-order valence-corrected chi connectivity index (χ0v) is 20.9. The van der Waals surface area contributed by atoms with Gasteiger partial charge in [-0.3, -0.25) is 9.59 Å². The van der Waals surface area contributed by atoms with E-state index in [4.69, 9.17) is 16.3 Å². The number of ether oxygens (including phenoxy) is 1. The van der Waals surface area contributed by atoms with Gasteiger partial charge < -0.3 is 15.4 Å². The number of anilines is 1. The lowest BCUT2D eigenvalue weighted by molar-refractivity contribution is -0.150. The van der Waals surface area contributed by atoms with Crippen molar-refractivity contribution in [3.8, 4) is 5.69 Å². The van der Waals surface area contributed by atoms with Gasteiger partial charge in [-0.05, 0) is 56.2 Å². The minimum absolute atomic E-state index is 0.199. The third kappa shape index (κ3) is 6.48. The minimum atomic E-state index is -0.903. The van der Waals surface area contributed by atoms with Crippen molar-refractivity contribution in [3.63, 3.8) is 0 Å². The molecule has 9 heteroatoms. The van der Waals surface area contributed by atoms with Crippen LogP contribution in [0.4, 0.5) is 5.69 Å². The van der Waals surface area contributed by atoms with Crippen molar-refractivity contribution < 1.29 is 19.1 Å². The van der Waals surface area contributed by atoms with Gasteiger partial charge in [0.15, 0.2) is 6.61 Å². The first kappa shape index (κ1) is 26.0. The number of aromatic nitrogens is 2. The van der Waals surface area contributed by atoms with Gasteiger partial charge in [-0.25, -0.2) is 9.48 Å². The van der Waals surface area contributed by atoms with Crippen LogP contribution in [-0.2, 0) is 14.3 Å². The molecule has 3 aromatic rings. The summed E-state index contributed by atoms with van der Waals surface area (Å²) in [6.07, 6.45) is 0.629. The van der Waals surface area contributed by atoms with E-state index in [2.05, 4.69) is 15.7 Å². The maximum absolute atomic E-state index is 12.8. The first-order valence-electron chi connectivity index (χ1n) is 11.4. The third-order valence-corrected chi connectivity index (χ3v) is 6.01. The Morgan fingerprint density at radius 1 is 1.06 bits per heavy atom. The molecule has 2 aromatic carbocycles. The van der Waals surface area contributed by atoms with Crippen molar-refractivity contribution in [2.45, 2.75) is 40.2 Å². The van der Waals surface area contributed by atoms with Crippen LogP contribution in [0.1, 0.15) is 42.0 Å². The van der Waals surface area contributed by atoms with E-state index in [9.17, 15) is 14.4 Å². The summed E-state index contributed by atoms with van der Waals surface area (Å²) in [6.45, 7) is 6.89. The van der Waals surface area contributed by atoms with E-state index in [-0.39, 0.29) is 5.92 Å². The second kappa shape index (κ2) is 11.7. The van der Waals surface area contributed by atoms with Crippen LogP contribution in [-0.4, -0.2) is 40.2 Å². The molecule has 0 saturated carbocycles. The highest BCUT2D eigenvalue weighted by Crippen LogP contribution is 2.22. The zero-order valence-electron chi connectivity index (χ0n) is 20.2. The van der Waals surface area contributed by atoms with Gasteiger partial charge in [-0.15, -0.1) is 0 Å². The molecule has 35 heavy (non-hydrogen) atoms. The van der Waals surface area contributed by atoms with E-state index in [1.165, 1.54) is 0 Å². The number of aryl methyl sites for hydroxylation is 1. The standard InChI is InChI=1S/C26H29ClN4O4/c1-5-16(2)23(29-25(33)19-11-13-20(27)14-12-19)26(34)35-15-22(32)28-24-17(3)30-31(18(24)4)21-9-7-6-8-10-21/h6-14,16,23H,5,15H2,1-4H3,(H,28,32)(H,29,33)/t16-,23-/m0/s1. The highest BCUT2D eigenvalue weighted by atomic mass is 35.5. The number of rotatable bonds is 9. The molecule has 8 nitrogen and oxygen atoms in total. The van der Waals surface area contributed by atoms with E-state index < -0.39 is 30.4 Å². The first-order valence-corrected chi connectivity index (χ1v) is 11.7. The molecule has 0 unspecified atom stereocenters. The predicted molar refractivity (Wildman–Crippen MR) is 135 cm³/mol. The molecule has 0 saturated heterocycles. The molecule has 0 bridgehead atoms. The number of halogens is 1. The minimum Gasteiger partial charge on any atom is -0.454 e. The number of nitrogens with one attached hydrogen (secondary N) is 2. The molecular weight excluding hydrogens is 468 g/mol. The summed E-state index contributed by atoms with van der Waals surface area (Å²) >= 11 is 5.88. The maximum atomic E-state index is 12.8. The van der Waals surface area contributed by atoms with Crippen molar-refractivity contribution in [1.29, 1.82) is 0 Å². The van der Waals surface area contributed by atoms with Gasteiger partial charge >= 0.3 is 5.97 Å². The van der Waals surface area contributed by atoms with Gasteiger partial charge in [0.2, 0.25) is 0 Å². The Labute approximate surface area is 209 Å². The van der Waals surface area contributed by atoms with Crippen molar-refractivity contribution in [2.75, 3.05) is 11.9 Å². The summed E-state index contributed by atoms with van der Waals surface area (Å²) in [4.78, 5) is 38.0. The fourth-order valence-corrected chi connectivity index (χ4v) is 3.67. The molecule has 0 radical (unpaired) electrons. The fourth-order valence-electron chi connectivity index (χ4n) is 3.54. The van der Waals surface area contributed by atoms with E-state index in [1.54, 1.807) is 35.9 Å². The molecule has 2 N–H and O–H groups in total. The third-order valence-electron chi connectivity index (χ3n) is 5.76. The Balaban J connectivity index is 1.63. The van der Waals surface area contributed by atoms with Crippen LogP contribution in [0.15, 0.2) is 54.6 Å². The number of benzene rings is 2. The molecule has 0 fully saturated rings. The summed E-state index contributed by atoms with van der Waals surface area (Å²) in [6, 6.07) is 15.0. The lowest BCUT2D eigenvalue weighted by atomic mass is 9.99. The topological polar surface area (TPSA) is 102 Å². The number of carbonyl (C=O) groups excluding carboxylic acids is 3. The highest BCUT2D eigenvalue weighted by molar-refractivity contribution is 6.30. The van der Waals surface area contributed by atoms with Crippen molar-refractivity contribution >= 4 is 35.1 Å². The Hall–Kier alpha value is -3.65. The second-order valence-corrected chi connectivity index (χ2v) is 8.73. The quantitative estimate of drug-likeness (QED) is 0.425. The highest BCUT2D eigenvalue weighted by Gasteiger charge is 2.28. The van der Waals surface area contributed by atoms with Crippen LogP contribution in [0.3, 0.4) is 0 Å². The Bertz CT molecular complexity index is 1190. The Morgan fingerprint density at radius 3 is 2.34 bits per heavy atom. The largest absolute Gasteiger partial charge is 0.454 e. The number of nitrogens with zero attached hydrogens (tertiary/aromatic N) is 2. The van der Waals surface area contributed by atoms with E-state index in [0.717, 1.165) is 11.4 Å². The molecule has 0 aliphatic rings. The van der Waals surface area contributed by atoms with Crippen LogP contribution < -0.4 is 10.6 Å². The summed E-state index contributed by atoms with van der Waals surface area (Å²) in [5.41, 5.74) is 3.19. The molecule has 0 aliphatic carbocycles. The molecule has 3 rings (SSSR count). The number of esters is 1. The smallest absolute Gasteiger partial charge is 0.329 e. The molecule has 1 heterocycles. The lowest BCUT2D eigenvalue weighted by Crippen LogP contribution is -2.46.